The quantitative estimate of drug-likeness (QED) is 0.808. The molecular weight excluding hydrogens is 328 g/mol. The molecule has 1 aromatic rings. The van der Waals surface area contributed by atoms with Gasteiger partial charge in [0, 0.05) is 58.7 Å². The van der Waals surface area contributed by atoms with Crippen molar-refractivity contribution in [3.8, 4) is 0 Å². The number of aryl methyl sites for hydroxylation is 2. The average molecular weight is 361 g/mol. The summed E-state index contributed by atoms with van der Waals surface area (Å²) in [6.07, 6.45) is 8.91. The molecular formula is C20H32N4O2. The minimum atomic E-state index is 0.293. The Hall–Kier alpha value is -1.40. The molecule has 3 aliphatic heterocycles. The monoisotopic (exact) mass is 360 g/mol. The van der Waals surface area contributed by atoms with Gasteiger partial charge < -0.3 is 9.64 Å². The van der Waals surface area contributed by atoms with E-state index in [9.17, 15) is 4.79 Å². The highest BCUT2D eigenvalue weighted by Gasteiger charge is 2.22. The molecule has 0 radical (unpaired) electrons. The number of carbonyl (C=O) groups is 1. The first-order chi connectivity index (χ1) is 12.8. The van der Waals surface area contributed by atoms with Gasteiger partial charge in [-0.15, -0.1) is 0 Å². The summed E-state index contributed by atoms with van der Waals surface area (Å²) >= 11 is 0. The molecule has 0 aromatic carbocycles. The normalized spacial score (nSPS) is 24.5. The molecule has 6 heteroatoms. The number of hydrogen-bond donors (Lipinski definition) is 0. The second-order valence-electron chi connectivity index (χ2n) is 8.02. The van der Waals surface area contributed by atoms with Gasteiger partial charge in [-0.25, -0.2) is 0 Å². The molecule has 1 atom stereocenters. The van der Waals surface area contributed by atoms with Crippen molar-refractivity contribution in [2.24, 2.45) is 0 Å². The zero-order valence-electron chi connectivity index (χ0n) is 15.9. The minimum Gasteiger partial charge on any atom is -0.377 e. The largest absolute Gasteiger partial charge is 0.377 e. The van der Waals surface area contributed by atoms with E-state index in [0.29, 0.717) is 18.4 Å². The van der Waals surface area contributed by atoms with Crippen LogP contribution >= 0.6 is 0 Å². The fraction of sp³-hybridized carbons (Fsp3) is 0.800. The fourth-order valence-corrected chi connectivity index (χ4v) is 4.47. The molecule has 26 heavy (non-hydrogen) atoms. The zero-order valence-corrected chi connectivity index (χ0v) is 15.9. The van der Waals surface area contributed by atoms with Gasteiger partial charge in [0.05, 0.1) is 17.5 Å². The first kappa shape index (κ1) is 18.0. The van der Waals surface area contributed by atoms with Crippen LogP contribution in [0.3, 0.4) is 0 Å². The van der Waals surface area contributed by atoms with E-state index in [2.05, 4.69) is 15.6 Å². The van der Waals surface area contributed by atoms with E-state index in [0.717, 1.165) is 77.3 Å². The van der Waals surface area contributed by atoms with Crippen LogP contribution in [-0.2, 0) is 29.0 Å². The lowest BCUT2D eigenvalue weighted by Crippen LogP contribution is -2.35. The van der Waals surface area contributed by atoms with Crippen molar-refractivity contribution in [1.29, 1.82) is 0 Å². The summed E-state index contributed by atoms with van der Waals surface area (Å²) in [6, 6.07) is 2.22. The predicted molar refractivity (Wildman–Crippen MR) is 99.8 cm³/mol. The molecule has 144 valence electrons. The summed E-state index contributed by atoms with van der Waals surface area (Å²) in [5.41, 5.74) is 2.37. The number of fused-ring (bicyclic) bond motifs is 1. The van der Waals surface area contributed by atoms with E-state index in [1.165, 1.54) is 25.0 Å². The summed E-state index contributed by atoms with van der Waals surface area (Å²) in [5, 5.41) is 4.78. The molecule has 2 fully saturated rings. The van der Waals surface area contributed by atoms with Crippen LogP contribution in [0.15, 0.2) is 6.07 Å². The number of rotatable bonds is 5. The number of aromatic nitrogens is 2. The Labute approximate surface area is 156 Å². The van der Waals surface area contributed by atoms with E-state index >= 15 is 0 Å². The summed E-state index contributed by atoms with van der Waals surface area (Å²) < 4.78 is 8.09. The summed E-state index contributed by atoms with van der Waals surface area (Å²) in [4.78, 5) is 16.8. The van der Waals surface area contributed by atoms with Crippen molar-refractivity contribution in [3.05, 3.63) is 17.5 Å². The van der Waals surface area contributed by atoms with Crippen molar-refractivity contribution in [2.45, 2.75) is 70.6 Å². The molecule has 6 nitrogen and oxygen atoms in total. The Morgan fingerprint density at radius 1 is 1.12 bits per heavy atom. The number of ether oxygens (including phenoxy) is 1. The van der Waals surface area contributed by atoms with Gasteiger partial charge in [-0.2, -0.15) is 5.10 Å². The molecule has 2 saturated heterocycles. The Morgan fingerprint density at radius 2 is 2.00 bits per heavy atom. The maximum atomic E-state index is 12.3. The van der Waals surface area contributed by atoms with Gasteiger partial charge in [0.2, 0.25) is 5.91 Å². The number of likely N-dealkylation sites (tertiary alicyclic amines) is 1. The van der Waals surface area contributed by atoms with Crippen molar-refractivity contribution < 1.29 is 9.53 Å². The van der Waals surface area contributed by atoms with Crippen LogP contribution in [0.1, 0.15) is 56.3 Å². The van der Waals surface area contributed by atoms with Crippen LogP contribution in [0.2, 0.25) is 0 Å². The maximum Gasteiger partial charge on any atom is 0.222 e. The first-order valence-corrected chi connectivity index (χ1v) is 10.5. The van der Waals surface area contributed by atoms with Crippen LogP contribution in [0.25, 0.3) is 0 Å². The highest BCUT2D eigenvalue weighted by molar-refractivity contribution is 5.76. The Kier molecular flexibility index (Phi) is 5.90. The third-order valence-electron chi connectivity index (χ3n) is 5.93. The van der Waals surface area contributed by atoms with Gasteiger partial charge in [-0.3, -0.25) is 14.4 Å². The van der Waals surface area contributed by atoms with Crippen molar-refractivity contribution >= 4 is 5.91 Å². The lowest BCUT2D eigenvalue weighted by Gasteiger charge is -2.28. The van der Waals surface area contributed by atoms with Crippen LogP contribution in [0, 0.1) is 0 Å². The molecule has 3 aliphatic rings. The molecule has 0 spiro atoms. The van der Waals surface area contributed by atoms with Gasteiger partial charge in [0.25, 0.3) is 0 Å². The van der Waals surface area contributed by atoms with Gasteiger partial charge in [0.1, 0.15) is 0 Å². The van der Waals surface area contributed by atoms with E-state index in [1.54, 1.807) is 0 Å². The van der Waals surface area contributed by atoms with Gasteiger partial charge in [-0.05, 0) is 44.6 Å². The van der Waals surface area contributed by atoms with E-state index in [1.807, 2.05) is 4.90 Å². The second kappa shape index (κ2) is 8.53. The number of amides is 1. The predicted octanol–water partition coefficient (Wildman–Crippen LogP) is 2.21. The van der Waals surface area contributed by atoms with Gasteiger partial charge >= 0.3 is 0 Å². The van der Waals surface area contributed by atoms with Gasteiger partial charge in [0.15, 0.2) is 0 Å². The molecule has 1 aromatic heterocycles. The molecule has 0 aliphatic carbocycles. The lowest BCUT2D eigenvalue weighted by atomic mass is 10.1. The average Bonchev–Trinajstić information content (AvgIpc) is 3.28. The standard InChI is InChI=1S/C20H32N4O2/c25-20(23-10-2-3-11-23)8-7-17-14-18-15-22(9-5-12-24(18)21-17)16-19-6-1-4-13-26-19/h14,19H,1-13,15-16H2/t19-/m0/s1. The molecule has 0 bridgehead atoms. The van der Waals surface area contributed by atoms with Crippen molar-refractivity contribution in [2.75, 3.05) is 32.8 Å². The van der Waals surface area contributed by atoms with Crippen LogP contribution in [0.5, 0.6) is 0 Å². The molecule has 4 heterocycles. The van der Waals surface area contributed by atoms with E-state index in [-0.39, 0.29) is 0 Å². The number of hydrogen-bond acceptors (Lipinski definition) is 4. The smallest absolute Gasteiger partial charge is 0.222 e. The van der Waals surface area contributed by atoms with E-state index < -0.39 is 0 Å². The molecule has 1 amide bonds. The van der Waals surface area contributed by atoms with E-state index in [4.69, 9.17) is 9.84 Å². The maximum absolute atomic E-state index is 12.3. The lowest BCUT2D eigenvalue weighted by molar-refractivity contribution is -0.130. The second-order valence-corrected chi connectivity index (χ2v) is 8.02. The Morgan fingerprint density at radius 3 is 2.81 bits per heavy atom. The third-order valence-corrected chi connectivity index (χ3v) is 5.93. The zero-order chi connectivity index (χ0) is 17.8. The highest BCUT2D eigenvalue weighted by Crippen LogP contribution is 2.19. The summed E-state index contributed by atoms with van der Waals surface area (Å²) in [5.74, 6) is 0.293. The highest BCUT2D eigenvalue weighted by atomic mass is 16.5. The topological polar surface area (TPSA) is 50.6 Å². The van der Waals surface area contributed by atoms with Crippen molar-refractivity contribution in [3.63, 3.8) is 0 Å². The van der Waals surface area contributed by atoms with Crippen LogP contribution < -0.4 is 0 Å². The molecule has 0 saturated carbocycles. The number of nitrogens with zero attached hydrogens (tertiary/aromatic N) is 4. The van der Waals surface area contributed by atoms with Crippen molar-refractivity contribution in [1.82, 2.24) is 19.6 Å². The molecule has 4 rings (SSSR count). The SMILES string of the molecule is O=C(CCc1cc2n(n1)CCCN(C[C@@H]1CCCCO1)C2)N1CCCC1. The molecule has 0 N–H and O–H groups in total. The Bertz CT molecular complexity index is 603. The summed E-state index contributed by atoms with van der Waals surface area (Å²) in [7, 11) is 0. The van der Waals surface area contributed by atoms with Gasteiger partial charge in [-0.1, -0.05) is 0 Å². The third kappa shape index (κ3) is 4.46. The first-order valence-electron chi connectivity index (χ1n) is 10.5. The Balaban J connectivity index is 1.32. The van der Waals surface area contributed by atoms with Crippen LogP contribution in [0.4, 0.5) is 0 Å². The minimum absolute atomic E-state index is 0.293. The molecule has 0 unspecified atom stereocenters. The summed E-state index contributed by atoms with van der Waals surface area (Å²) in [6.45, 7) is 6.89. The van der Waals surface area contributed by atoms with Crippen LogP contribution in [-0.4, -0.2) is 64.4 Å². The fourth-order valence-electron chi connectivity index (χ4n) is 4.47. The number of carbonyl (C=O) groups excluding carboxylic acids is 1.